The smallest absolute Gasteiger partial charge is 0.0422 e. The molecule has 1 aromatic heterocycles. The molecule has 0 saturated heterocycles. The molecule has 0 aliphatic heterocycles. The van der Waals surface area contributed by atoms with Crippen molar-refractivity contribution >= 4 is 15.9 Å². The Morgan fingerprint density at radius 1 is 1.50 bits per heavy atom. The third-order valence-corrected chi connectivity index (χ3v) is 4.65. The van der Waals surface area contributed by atoms with Crippen LogP contribution in [0.1, 0.15) is 45.2 Å². The van der Waals surface area contributed by atoms with Gasteiger partial charge in [-0.05, 0) is 52.7 Å². The third-order valence-electron chi connectivity index (χ3n) is 4.18. The summed E-state index contributed by atoms with van der Waals surface area (Å²) in [5, 5.41) is 0. The van der Waals surface area contributed by atoms with Crippen molar-refractivity contribution in [3.63, 3.8) is 0 Å². The van der Waals surface area contributed by atoms with Crippen LogP contribution in [0, 0.1) is 11.8 Å². The van der Waals surface area contributed by atoms with Gasteiger partial charge in [0, 0.05) is 28.3 Å². The lowest BCUT2D eigenvalue weighted by atomic mass is 9.70. The molecule has 1 saturated carbocycles. The predicted molar refractivity (Wildman–Crippen MR) is 79.4 cm³/mol. The fourth-order valence-electron chi connectivity index (χ4n) is 3.04. The Hall–Kier alpha value is -0.410. The molecule has 1 aliphatic rings. The Balaban J connectivity index is 2.04. The van der Waals surface area contributed by atoms with Gasteiger partial charge in [-0.2, -0.15) is 0 Å². The molecule has 2 nitrogen and oxygen atoms in total. The maximum absolute atomic E-state index is 6.61. The zero-order valence-corrected chi connectivity index (χ0v) is 12.9. The summed E-state index contributed by atoms with van der Waals surface area (Å²) in [6.07, 6.45) is 7.64. The van der Waals surface area contributed by atoms with Crippen LogP contribution < -0.4 is 5.73 Å². The van der Waals surface area contributed by atoms with Crippen molar-refractivity contribution in [1.29, 1.82) is 0 Å². The summed E-state index contributed by atoms with van der Waals surface area (Å²) in [6.45, 7) is 4.63. The van der Waals surface area contributed by atoms with Gasteiger partial charge in [-0.3, -0.25) is 4.98 Å². The number of nitrogens with zero attached hydrogens (tertiary/aromatic N) is 1. The molecule has 0 aromatic carbocycles. The molecule has 2 atom stereocenters. The highest BCUT2D eigenvalue weighted by atomic mass is 79.9. The lowest BCUT2D eigenvalue weighted by molar-refractivity contribution is 0.181. The Kier molecular flexibility index (Phi) is 4.44. The van der Waals surface area contributed by atoms with E-state index in [9.17, 15) is 0 Å². The molecule has 0 amide bonds. The van der Waals surface area contributed by atoms with E-state index in [1.807, 2.05) is 6.20 Å². The first-order chi connectivity index (χ1) is 8.48. The number of hydrogen-bond acceptors (Lipinski definition) is 2. The van der Waals surface area contributed by atoms with Gasteiger partial charge in [0.2, 0.25) is 0 Å². The molecule has 18 heavy (non-hydrogen) atoms. The first-order valence-corrected chi connectivity index (χ1v) is 7.67. The summed E-state index contributed by atoms with van der Waals surface area (Å²) in [5.41, 5.74) is 7.67. The van der Waals surface area contributed by atoms with Crippen LogP contribution in [0.15, 0.2) is 22.8 Å². The highest BCUT2D eigenvalue weighted by Crippen LogP contribution is 2.36. The highest BCUT2D eigenvalue weighted by molar-refractivity contribution is 9.10. The maximum atomic E-state index is 6.61. The van der Waals surface area contributed by atoms with Gasteiger partial charge in [0.1, 0.15) is 0 Å². The second-order valence-corrected chi connectivity index (χ2v) is 7.02. The molecule has 2 unspecified atom stereocenters. The van der Waals surface area contributed by atoms with Gasteiger partial charge < -0.3 is 5.73 Å². The number of hydrogen-bond donors (Lipinski definition) is 1. The first kappa shape index (κ1) is 14.0. The van der Waals surface area contributed by atoms with E-state index in [1.54, 1.807) is 0 Å². The topological polar surface area (TPSA) is 38.9 Å². The Morgan fingerprint density at radius 3 is 2.89 bits per heavy atom. The summed E-state index contributed by atoms with van der Waals surface area (Å²) in [4.78, 5) is 4.46. The van der Waals surface area contributed by atoms with E-state index in [4.69, 9.17) is 5.73 Å². The van der Waals surface area contributed by atoms with E-state index < -0.39 is 0 Å². The first-order valence-electron chi connectivity index (χ1n) is 6.88. The minimum atomic E-state index is -0.0476. The van der Waals surface area contributed by atoms with Crippen molar-refractivity contribution in [1.82, 2.24) is 4.98 Å². The van der Waals surface area contributed by atoms with Gasteiger partial charge in [0.25, 0.3) is 0 Å². The van der Waals surface area contributed by atoms with Crippen molar-refractivity contribution < 1.29 is 0 Å². The molecular weight excluding hydrogens is 288 g/mol. The Bertz CT molecular complexity index is 388. The van der Waals surface area contributed by atoms with E-state index >= 15 is 0 Å². The van der Waals surface area contributed by atoms with Crippen molar-refractivity contribution in [2.75, 3.05) is 0 Å². The fourth-order valence-corrected chi connectivity index (χ4v) is 3.28. The molecule has 1 fully saturated rings. The van der Waals surface area contributed by atoms with Crippen LogP contribution >= 0.6 is 15.9 Å². The molecule has 2 N–H and O–H groups in total. The second-order valence-electron chi connectivity index (χ2n) is 6.11. The summed E-state index contributed by atoms with van der Waals surface area (Å²) < 4.78 is 1.03. The summed E-state index contributed by atoms with van der Waals surface area (Å²) in [7, 11) is 0. The van der Waals surface area contributed by atoms with Crippen molar-refractivity contribution in [2.45, 2.75) is 51.5 Å². The fraction of sp³-hybridized carbons (Fsp3) is 0.667. The summed E-state index contributed by atoms with van der Waals surface area (Å²) in [6, 6.07) is 4.13. The van der Waals surface area contributed by atoms with Crippen molar-refractivity contribution in [3.05, 3.63) is 28.5 Å². The normalized spacial score (nSPS) is 28.6. The molecule has 0 bridgehead atoms. The monoisotopic (exact) mass is 310 g/mol. The number of halogens is 1. The van der Waals surface area contributed by atoms with Crippen LogP contribution in [-0.2, 0) is 6.42 Å². The van der Waals surface area contributed by atoms with Gasteiger partial charge in [-0.15, -0.1) is 0 Å². The van der Waals surface area contributed by atoms with Gasteiger partial charge in [-0.25, -0.2) is 0 Å². The highest BCUT2D eigenvalue weighted by Gasteiger charge is 2.34. The largest absolute Gasteiger partial charge is 0.325 e. The molecule has 100 valence electrons. The summed E-state index contributed by atoms with van der Waals surface area (Å²) in [5.74, 6) is 1.52. The van der Waals surface area contributed by atoms with E-state index in [-0.39, 0.29) is 5.54 Å². The minimum absolute atomic E-state index is 0.0476. The quantitative estimate of drug-likeness (QED) is 0.918. The molecule has 1 aromatic rings. The average Bonchev–Trinajstić information content (AvgIpc) is 2.32. The number of nitrogens with two attached hydrogens (primary N) is 1. The lowest BCUT2D eigenvalue weighted by Gasteiger charge is -2.39. The molecule has 1 aliphatic carbocycles. The SMILES string of the molecule is CC(C)C1CCCC(N)(Cc2ccc(Br)cn2)C1. The van der Waals surface area contributed by atoms with E-state index in [0.29, 0.717) is 0 Å². The van der Waals surface area contributed by atoms with Crippen LogP contribution in [0.25, 0.3) is 0 Å². The van der Waals surface area contributed by atoms with Gasteiger partial charge in [0.05, 0.1) is 0 Å². The minimum Gasteiger partial charge on any atom is -0.325 e. The van der Waals surface area contributed by atoms with Crippen LogP contribution in [0.5, 0.6) is 0 Å². The standard InChI is InChI=1S/C15H23BrN2/c1-11(2)12-4-3-7-15(17,8-12)9-14-6-5-13(16)10-18-14/h5-6,10-12H,3-4,7-9,17H2,1-2H3. The summed E-state index contributed by atoms with van der Waals surface area (Å²) >= 11 is 3.42. The van der Waals surface area contributed by atoms with E-state index in [0.717, 1.165) is 41.3 Å². The number of rotatable bonds is 3. The van der Waals surface area contributed by atoms with Crippen molar-refractivity contribution in [3.8, 4) is 0 Å². The number of aromatic nitrogens is 1. The van der Waals surface area contributed by atoms with E-state index in [2.05, 4.69) is 46.9 Å². The van der Waals surface area contributed by atoms with Gasteiger partial charge in [-0.1, -0.05) is 26.7 Å². The lowest BCUT2D eigenvalue weighted by Crippen LogP contribution is -2.47. The molecule has 1 heterocycles. The zero-order chi connectivity index (χ0) is 13.2. The number of pyridine rings is 1. The maximum Gasteiger partial charge on any atom is 0.0422 e. The van der Waals surface area contributed by atoms with Crippen LogP contribution in [0.3, 0.4) is 0 Å². The zero-order valence-electron chi connectivity index (χ0n) is 11.3. The van der Waals surface area contributed by atoms with Crippen LogP contribution in [0.4, 0.5) is 0 Å². The molecule has 2 rings (SSSR count). The Labute approximate surface area is 119 Å². The second kappa shape index (κ2) is 5.70. The van der Waals surface area contributed by atoms with E-state index in [1.165, 1.54) is 12.8 Å². The molecule has 3 heteroatoms. The third kappa shape index (κ3) is 3.55. The van der Waals surface area contributed by atoms with Crippen LogP contribution in [0.2, 0.25) is 0 Å². The molecular formula is C15H23BrN2. The molecule has 0 radical (unpaired) electrons. The predicted octanol–water partition coefficient (Wildman–Crippen LogP) is 3.93. The molecule has 0 spiro atoms. The van der Waals surface area contributed by atoms with Gasteiger partial charge >= 0.3 is 0 Å². The Morgan fingerprint density at radius 2 is 2.28 bits per heavy atom. The average molecular weight is 311 g/mol. The van der Waals surface area contributed by atoms with Crippen LogP contribution in [-0.4, -0.2) is 10.5 Å². The van der Waals surface area contributed by atoms with Crippen molar-refractivity contribution in [2.24, 2.45) is 17.6 Å². The van der Waals surface area contributed by atoms with Gasteiger partial charge in [0.15, 0.2) is 0 Å².